The van der Waals surface area contributed by atoms with Crippen molar-refractivity contribution >= 4 is 21.2 Å². The molecule has 0 heterocycles. The quantitative estimate of drug-likeness (QED) is 0.226. The molecule has 4 nitrogen and oxygen atoms in total. The molecule has 0 aliphatic carbocycles. The van der Waals surface area contributed by atoms with Gasteiger partial charge in [-0.2, -0.15) is 35.1 Å². The Morgan fingerprint density at radius 1 is 1.18 bits per heavy atom. The van der Waals surface area contributed by atoms with Gasteiger partial charge in [0.05, 0.1) is 20.2 Å². The molecule has 0 fully saturated rings. The molecule has 1 rings (SSSR count). The van der Waals surface area contributed by atoms with Gasteiger partial charge in [0.2, 0.25) is 5.90 Å². The van der Waals surface area contributed by atoms with Crippen molar-refractivity contribution in [1.82, 2.24) is 0 Å². The maximum absolute atomic E-state index is 13.6. The second-order valence-electron chi connectivity index (χ2n) is 6.99. The Morgan fingerprint density at radius 3 is 2.18 bits per heavy atom. The molecule has 1 N–H and O–H groups in total. The first kappa shape index (κ1) is 29.5. The lowest BCUT2D eigenvalue weighted by atomic mass is 10.0. The average molecular weight is 524 g/mol. The summed E-state index contributed by atoms with van der Waals surface area (Å²) < 4.78 is 142. The van der Waals surface area contributed by atoms with Gasteiger partial charge in [0.15, 0.2) is 6.61 Å². The number of benzene rings is 1. The maximum atomic E-state index is 13.6. The van der Waals surface area contributed by atoms with Gasteiger partial charge in [-0.3, -0.25) is 0 Å². The van der Waals surface area contributed by atoms with Gasteiger partial charge >= 0.3 is 18.3 Å². The minimum absolute atomic E-state index is 0.0197. The third-order valence-electron chi connectivity index (χ3n) is 4.63. The number of halogens is 9. The molecule has 2 atom stereocenters. The van der Waals surface area contributed by atoms with Crippen LogP contribution in [0.5, 0.6) is 0 Å². The summed E-state index contributed by atoms with van der Waals surface area (Å²) in [4.78, 5) is 3.03. The first-order valence-corrected chi connectivity index (χ1v) is 11.1. The molecule has 1 aromatic carbocycles. The summed E-state index contributed by atoms with van der Waals surface area (Å²) in [6, 6.07) is 2.10. The van der Waals surface area contributed by atoms with Crippen molar-refractivity contribution in [3.63, 3.8) is 0 Å². The standard InChI is InChI=1S/C20H21F9N2O2S/c1-5-31-16(33-10-18(22,23)17(21)20(27,28)29)12(4)11(3)14-8-7-13(19(24,25)26)9-15(14)34(30,32)6-2/h5,7-9,17,30H,1,6,10H2,2-4H3/b12-11+,31-16?. The van der Waals surface area contributed by atoms with Crippen LogP contribution in [0.4, 0.5) is 39.5 Å². The van der Waals surface area contributed by atoms with Crippen molar-refractivity contribution in [1.29, 1.82) is 4.78 Å². The highest BCUT2D eigenvalue weighted by Gasteiger charge is 2.57. The number of rotatable bonds is 8. The summed E-state index contributed by atoms with van der Waals surface area (Å²) in [5.74, 6) is -6.05. The zero-order valence-electron chi connectivity index (χ0n) is 18.1. The highest BCUT2D eigenvalue weighted by molar-refractivity contribution is 7.92. The van der Waals surface area contributed by atoms with Crippen molar-refractivity contribution in [2.45, 2.75) is 50.1 Å². The summed E-state index contributed by atoms with van der Waals surface area (Å²) in [5, 5.41) is 0. The van der Waals surface area contributed by atoms with E-state index in [0.29, 0.717) is 12.1 Å². The number of nitrogens with one attached hydrogen (secondary N) is 1. The van der Waals surface area contributed by atoms with E-state index in [1.807, 2.05) is 0 Å². The van der Waals surface area contributed by atoms with Crippen LogP contribution in [0, 0.1) is 4.78 Å². The molecular formula is C20H21F9N2O2S. The number of nitrogens with zero attached hydrogens (tertiary/aromatic N) is 1. The smallest absolute Gasteiger partial charge is 0.425 e. The normalized spacial score (nSPS) is 17.0. The van der Waals surface area contributed by atoms with E-state index in [9.17, 15) is 43.7 Å². The molecule has 0 radical (unpaired) electrons. The van der Waals surface area contributed by atoms with E-state index in [1.165, 1.54) is 20.8 Å². The third kappa shape index (κ3) is 7.00. The predicted octanol–water partition coefficient (Wildman–Crippen LogP) is 7.02. The summed E-state index contributed by atoms with van der Waals surface area (Å²) in [6.45, 7) is 4.91. The molecule has 0 aliphatic rings. The summed E-state index contributed by atoms with van der Waals surface area (Å²) in [5.41, 5.74) is -1.49. The fourth-order valence-corrected chi connectivity index (χ4v) is 3.81. The van der Waals surface area contributed by atoms with Gasteiger partial charge in [-0.15, -0.1) is 0 Å². The van der Waals surface area contributed by atoms with Crippen molar-refractivity contribution < 1.29 is 48.5 Å². The van der Waals surface area contributed by atoms with Crippen LogP contribution in [0.1, 0.15) is 31.9 Å². The van der Waals surface area contributed by atoms with Crippen molar-refractivity contribution in [2.75, 3.05) is 12.4 Å². The van der Waals surface area contributed by atoms with E-state index in [1.54, 1.807) is 0 Å². The molecule has 0 saturated heterocycles. The Hall–Kier alpha value is -2.51. The van der Waals surface area contributed by atoms with Crippen LogP contribution in [-0.2, 0) is 20.6 Å². The number of allylic oxidation sites excluding steroid dienone is 1. The zero-order valence-corrected chi connectivity index (χ0v) is 18.9. The summed E-state index contributed by atoms with van der Waals surface area (Å²) in [6.07, 6.45) is -14.4. The van der Waals surface area contributed by atoms with Crippen molar-refractivity contribution in [3.8, 4) is 0 Å². The number of hydrogen-bond donors (Lipinski definition) is 1. The molecule has 0 amide bonds. The predicted molar refractivity (Wildman–Crippen MR) is 109 cm³/mol. The number of ether oxygens (including phenoxy) is 1. The second kappa shape index (κ2) is 10.4. The molecule has 0 aliphatic heterocycles. The first-order valence-electron chi connectivity index (χ1n) is 9.35. The van der Waals surface area contributed by atoms with Gasteiger partial charge in [-0.05, 0) is 37.1 Å². The fraction of sp³-hybridized carbons (Fsp3) is 0.450. The van der Waals surface area contributed by atoms with E-state index in [-0.39, 0.29) is 22.5 Å². The first-order chi connectivity index (χ1) is 15.3. The SMILES string of the molecule is C=CN=C(OCC(F)(F)C(F)C(F)(F)F)/C(C)=C(\C)c1ccc(C(F)(F)F)cc1S(=N)(=O)CC. The lowest BCUT2D eigenvalue weighted by molar-refractivity contribution is -0.250. The van der Waals surface area contributed by atoms with Crippen LogP contribution in [0.25, 0.3) is 5.57 Å². The Morgan fingerprint density at radius 2 is 1.74 bits per heavy atom. The van der Waals surface area contributed by atoms with E-state index in [4.69, 9.17) is 4.78 Å². The molecule has 1 aromatic rings. The Balaban J connectivity index is 3.55. The number of alkyl halides is 9. The van der Waals surface area contributed by atoms with Gasteiger partial charge in [0.1, 0.15) is 0 Å². The number of hydrogen-bond acceptors (Lipinski definition) is 4. The van der Waals surface area contributed by atoms with Gasteiger partial charge in [-0.1, -0.05) is 19.6 Å². The van der Waals surface area contributed by atoms with E-state index < -0.39 is 57.1 Å². The Kier molecular flexibility index (Phi) is 9.03. The molecule has 0 bridgehead atoms. The highest BCUT2D eigenvalue weighted by atomic mass is 32.2. The van der Waals surface area contributed by atoms with Gasteiger partial charge in [0, 0.05) is 17.5 Å². The molecule has 0 saturated carbocycles. The van der Waals surface area contributed by atoms with Gasteiger partial charge in [0.25, 0.3) is 6.17 Å². The van der Waals surface area contributed by atoms with Crippen LogP contribution in [-0.4, -0.2) is 40.7 Å². The maximum Gasteiger partial charge on any atom is 0.425 e. The highest BCUT2D eigenvalue weighted by Crippen LogP contribution is 2.37. The lowest BCUT2D eigenvalue weighted by Gasteiger charge is -2.23. The Labute approximate surface area is 190 Å². The second-order valence-corrected chi connectivity index (χ2v) is 9.36. The molecule has 192 valence electrons. The zero-order chi connectivity index (χ0) is 26.7. The summed E-state index contributed by atoms with van der Waals surface area (Å²) in [7, 11) is -3.72. The molecule has 0 spiro atoms. The van der Waals surface area contributed by atoms with E-state index >= 15 is 0 Å². The largest absolute Gasteiger partial charge is 0.471 e. The molecular weight excluding hydrogens is 503 g/mol. The molecule has 0 aromatic heterocycles. The average Bonchev–Trinajstić information content (AvgIpc) is 2.73. The lowest BCUT2D eigenvalue weighted by Crippen LogP contribution is -2.45. The van der Waals surface area contributed by atoms with Crippen LogP contribution in [0.15, 0.2) is 46.4 Å². The monoisotopic (exact) mass is 524 g/mol. The van der Waals surface area contributed by atoms with E-state index in [0.717, 1.165) is 12.3 Å². The topological polar surface area (TPSA) is 62.5 Å². The van der Waals surface area contributed by atoms with Crippen molar-refractivity contribution in [3.05, 3.63) is 47.7 Å². The van der Waals surface area contributed by atoms with Crippen LogP contribution in [0.2, 0.25) is 0 Å². The van der Waals surface area contributed by atoms with Crippen LogP contribution < -0.4 is 0 Å². The minimum atomic E-state index is -5.85. The third-order valence-corrected chi connectivity index (χ3v) is 6.49. The van der Waals surface area contributed by atoms with Crippen molar-refractivity contribution in [2.24, 2.45) is 4.99 Å². The Bertz CT molecular complexity index is 1070. The van der Waals surface area contributed by atoms with E-state index in [2.05, 4.69) is 16.3 Å². The minimum Gasteiger partial charge on any atom is -0.471 e. The molecule has 14 heteroatoms. The number of aliphatic imine (C=N–C) groups is 1. The summed E-state index contributed by atoms with van der Waals surface area (Å²) >= 11 is 0. The fourth-order valence-electron chi connectivity index (χ4n) is 2.60. The van der Waals surface area contributed by atoms with Crippen LogP contribution in [0.3, 0.4) is 0 Å². The van der Waals surface area contributed by atoms with Gasteiger partial charge in [-0.25, -0.2) is 18.4 Å². The molecule has 34 heavy (non-hydrogen) atoms. The van der Waals surface area contributed by atoms with Crippen LogP contribution >= 0.6 is 0 Å². The van der Waals surface area contributed by atoms with Gasteiger partial charge < -0.3 is 4.74 Å². The molecule has 2 unspecified atom stereocenters.